The van der Waals surface area contributed by atoms with E-state index in [1.54, 1.807) is 72.8 Å². The number of para-hydroxylation sites is 2. The quantitative estimate of drug-likeness (QED) is 0.385. The van der Waals surface area contributed by atoms with Crippen LogP contribution in [-0.4, -0.2) is 48.1 Å². The van der Waals surface area contributed by atoms with Crippen molar-refractivity contribution in [1.29, 1.82) is 0 Å². The highest BCUT2D eigenvalue weighted by atomic mass is 79.9. The summed E-state index contributed by atoms with van der Waals surface area (Å²) in [7, 11) is 3.03. The molecule has 0 saturated carbocycles. The molecule has 190 valence electrons. The number of thiocarbonyl (C=S) groups is 1. The fraction of sp³-hybridized carbons (Fsp3) is 0.154. The van der Waals surface area contributed by atoms with Gasteiger partial charge >= 0.3 is 0 Å². The average Bonchev–Trinajstić information content (AvgIpc) is 3.13. The van der Waals surface area contributed by atoms with E-state index in [1.165, 1.54) is 24.1 Å². The zero-order valence-electron chi connectivity index (χ0n) is 19.9. The highest BCUT2D eigenvalue weighted by Gasteiger charge is 2.45. The van der Waals surface area contributed by atoms with Crippen molar-refractivity contribution in [2.45, 2.75) is 12.5 Å². The number of nitrogens with zero attached hydrogens (tertiary/aromatic N) is 2. The third-order valence-electron chi connectivity index (χ3n) is 5.63. The number of benzene rings is 3. The molecule has 1 heterocycles. The third kappa shape index (κ3) is 5.73. The van der Waals surface area contributed by atoms with Crippen molar-refractivity contribution in [2.75, 3.05) is 24.4 Å². The van der Waals surface area contributed by atoms with E-state index in [0.717, 1.165) is 4.47 Å². The van der Waals surface area contributed by atoms with Crippen molar-refractivity contribution >= 4 is 62.4 Å². The molecular formula is C26H23BrN4O5S. The Balaban J connectivity index is 1.61. The van der Waals surface area contributed by atoms with Crippen molar-refractivity contribution in [1.82, 2.24) is 10.4 Å². The molecule has 3 amide bonds. The van der Waals surface area contributed by atoms with Crippen molar-refractivity contribution in [2.24, 2.45) is 0 Å². The topological polar surface area (TPSA) is 100 Å². The molecule has 9 nitrogen and oxygen atoms in total. The lowest BCUT2D eigenvalue weighted by Gasteiger charge is -2.24. The van der Waals surface area contributed by atoms with Gasteiger partial charge in [-0.05, 0) is 72.9 Å². The second-order valence-electron chi connectivity index (χ2n) is 7.94. The SMILES string of the molecule is COc1ccc(N2C(=O)C(CC(=O)Nc3ccccc3OC)N(NC(=O)c3ccc(Br)cc3)C2=S)cc1. The lowest BCUT2D eigenvalue weighted by molar-refractivity contribution is -0.124. The van der Waals surface area contributed by atoms with Gasteiger partial charge in [0.2, 0.25) is 11.0 Å². The molecule has 1 atom stereocenters. The van der Waals surface area contributed by atoms with Gasteiger partial charge in [-0.3, -0.25) is 24.7 Å². The highest BCUT2D eigenvalue weighted by Crippen LogP contribution is 2.29. The Hall–Kier alpha value is -3.96. The van der Waals surface area contributed by atoms with E-state index >= 15 is 0 Å². The Morgan fingerprint density at radius 2 is 1.65 bits per heavy atom. The van der Waals surface area contributed by atoms with Crippen molar-refractivity contribution in [3.8, 4) is 11.5 Å². The smallest absolute Gasteiger partial charge is 0.269 e. The van der Waals surface area contributed by atoms with Gasteiger partial charge in [0, 0.05) is 10.0 Å². The summed E-state index contributed by atoms with van der Waals surface area (Å²) in [4.78, 5) is 40.9. The Morgan fingerprint density at radius 1 is 0.973 bits per heavy atom. The zero-order valence-corrected chi connectivity index (χ0v) is 22.3. The minimum atomic E-state index is -1.08. The second-order valence-corrected chi connectivity index (χ2v) is 9.22. The fourth-order valence-electron chi connectivity index (χ4n) is 3.77. The number of halogens is 1. The lowest BCUT2D eigenvalue weighted by Crippen LogP contribution is -2.49. The standard InChI is InChI=1S/C26H23BrN4O5S/c1-35-19-13-11-18(12-14-19)30-25(34)21(15-23(32)28-20-5-3-4-6-22(20)36-2)31(26(30)37)29-24(33)16-7-9-17(27)10-8-16/h3-14,21H,15H2,1-2H3,(H,28,32)(H,29,33). The maximum atomic E-state index is 13.6. The van der Waals surface area contributed by atoms with E-state index < -0.39 is 23.8 Å². The molecule has 0 aromatic heterocycles. The molecule has 37 heavy (non-hydrogen) atoms. The molecule has 11 heteroatoms. The zero-order chi connectivity index (χ0) is 26.5. The van der Waals surface area contributed by atoms with E-state index in [4.69, 9.17) is 21.7 Å². The molecule has 1 fully saturated rings. The molecule has 3 aromatic rings. The minimum Gasteiger partial charge on any atom is -0.497 e. The molecule has 0 spiro atoms. The van der Waals surface area contributed by atoms with Crippen molar-refractivity contribution in [3.05, 3.63) is 82.8 Å². The van der Waals surface area contributed by atoms with E-state index in [0.29, 0.717) is 28.4 Å². The molecule has 2 N–H and O–H groups in total. The Bertz CT molecular complexity index is 1330. The first kappa shape index (κ1) is 26.1. The summed E-state index contributed by atoms with van der Waals surface area (Å²) in [5.74, 6) is -0.306. The molecule has 1 aliphatic rings. The Kier molecular flexibility index (Phi) is 8.04. The molecule has 0 radical (unpaired) electrons. The van der Waals surface area contributed by atoms with E-state index in [9.17, 15) is 14.4 Å². The van der Waals surface area contributed by atoms with Gasteiger partial charge in [-0.1, -0.05) is 28.1 Å². The molecular weight excluding hydrogens is 560 g/mol. The van der Waals surface area contributed by atoms with Gasteiger partial charge < -0.3 is 14.8 Å². The maximum Gasteiger partial charge on any atom is 0.269 e. The monoisotopic (exact) mass is 582 g/mol. The first-order chi connectivity index (χ1) is 17.8. The summed E-state index contributed by atoms with van der Waals surface area (Å²) in [6.45, 7) is 0. The van der Waals surface area contributed by atoms with Crippen LogP contribution in [0.3, 0.4) is 0 Å². The number of amides is 3. The largest absolute Gasteiger partial charge is 0.497 e. The van der Waals surface area contributed by atoms with Gasteiger partial charge in [0.1, 0.15) is 17.5 Å². The van der Waals surface area contributed by atoms with Crippen LogP contribution in [0.5, 0.6) is 11.5 Å². The first-order valence-corrected chi connectivity index (χ1v) is 12.3. The predicted molar refractivity (Wildman–Crippen MR) is 147 cm³/mol. The molecule has 4 rings (SSSR count). The van der Waals surface area contributed by atoms with Crippen LogP contribution in [0, 0.1) is 0 Å². The van der Waals surface area contributed by atoms with Crippen LogP contribution >= 0.6 is 28.1 Å². The number of hydrazine groups is 1. The second kappa shape index (κ2) is 11.4. The summed E-state index contributed by atoms with van der Waals surface area (Å²) < 4.78 is 11.3. The molecule has 1 unspecified atom stereocenters. The molecule has 0 bridgehead atoms. The highest BCUT2D eigenvalue weighted by molar-refractivity contribution is 9.10. The normalized spacial score (nSPS) is 14.9. The van der Waals surface area contributed by atoms with Gasteiger partial charge in [-0.2, -0.15) is 0 Å². The van der Waals surface area contributed by atoms with Gasteiger partial charge in [0.15, 0.2) is 0 Å². The molecule has 1 saturated heterocycles. The number of carbonyl (C=O) groups is 3. The number of hydrogen-bond donors (Lipinski definition) is 2. The summed E-state index contributed by atoms with van der Waals surface area (Å²) in [5.41, 5.74) is 4.00. The van der Waals surface area contributed by atoms with Gasteiger partial charge in [0.05, 0.1) is 32.0 Å². The number of nitrogens with one attached hydrogen (secondary N) is 2. The van der Waals surface area contributed by atoms with Gasteiger partial charge in [-0.25, -0.2) is 5.01 Å². The predicted octanol–water partition coefficient (Wildman–Crippen LogP) is 4.14. The number of anilines is 2. The number of hydrogen-bond acceptors (Lipinski definition) is 6. The Labute approximate surface area is 227 Å². The minimum absolute atomic E-state index is 0.0377. The number of methoxy groups -OCH3 is 2. The van der Waals surface area contributed by atoms with Crippen LogP contribution in [-0.2, 0) is 9.59 Å². The van der Waals surface area contributed by atoms with E-state index in [-0.39, 0.29) is 11.5 Å². The summed E-state index contributed by atoms with van der Waals surface area (Å²) in [6, 6.07) is 19.3. The first-order valence-electron chi connectivity index (χ1n) is 11.1. The van der Waals surface area contributed by atoms with Crippen LogP contribution in [0.2, 0.25) is 0 Å². The van der Waals surface area contributed by atoms with Crippen LogP contribution < -0.4 is 25.1 Å². The fourth-order valence-corrected chi connectivity index (χ4v) is 4.40. The van der Waals surface area contributed by atoms with Crippen LogP contribution in [0.4, 0.5) is 11.4 Å². The lowest BCUT2D eigenvalue weighted by atomic mass is 10.1. The molecule has 0 aliphatic carbocycles. The third-order valence-corrected chi connectivity index (χ3v) is 6.54. The van der Waals surface area contributed by atoms with Crippen molar-refractivity contribution in [3.63, 3.8) is 0 Å². The number of carbonyl (C=O) groups excluding carboxylic acids is 3. The van der Waals surface area contributed by atoms with E-state index in [2.05, 4.69) is 26.7 Å². The van der Waals surface area contributed by atoms with Crippen LogP contribution in [0.1, 0.15) is 16.8 Å². The van der Waals surface area contributed by atoms with Crippen LogP contribution in [0.15, 0.2) is 77.3 Å². The summed E-state index contributed by atoms with van der Waals surface area (Å²) in [5, 5.41) is 4.06. The van der Waals surface area contributed by atoms with Crippen molar-refractivity contribution < 1.29 is 23.9 Å². The molecule has 3 aromatic carbocycles. The summed E-state index contributed by atoms with van der Waals surface area (Å²) >= 11 is 8.94. The number of ether oxygens (including phenoxy) is 2. The van der Waals surface area contributed by atoms with E-state index in [1.807, 2.05) is 0 Å². The number of rotatable bonds is 8. The maximum absolute atomic E-state index is 13.6. The van der Waals surface area contributed by atoms with Crippen LogP contribution in [0.25, 0.3) is 0 Å². The van der Waals surface area contributed by atoms with Gasteiger partial charge in [0.25, 0.3) is 11.8 Å². The summed E-state index contributed by atoms with van der Waals surface area (Å²) in [6.07, 6.45) is -0.274. The average molecular weight is 583 g/mol. The Morgan fingerprint density at radius 3 is 2.30 bits per heavy atom. The molecule has 1 aliphatic heterocycles. The van der Waals surface area contributed by atoms with Gasteiger partial charge in [-0.15, -0.1) is 0 Å².